The van der Waals surface area contributed by atoms with Crippen molar-refractivity contribution >= 4 is 18.0 Å². The molecule has 1 fully saturated rings. The Morgan fingerprint density at radius 3 is 2.30 bits per heavy atom. The minimum atomic E-state index is -1.13. The highest BCUT2D eigenvalue weighted by molar-refractivity contribution is 5.84. The summed E-state index contributed by atoms with van der Waals surface area (Å²) in [5, 5.41) is 22.0. The summed E-state index contributed by atoms with van der Waals surface area (Å²) in [6.07, 6.45) is -0.155. The molecule has 2 aliphatic rings. The lowest BCUT2D eigenvalue weighted by molar-refractivity contribution is -0.152. The van der Waals surface area contributed by atoms with E-state index in [2.05, 4.69) is 17.4 Å². The van der Waals surface area contributed by atoms with Crippen LogP contribution in [0.25, 0.3) is 11.1 Å². The number of nitrogens with zero attached hydrogens (tertiary/aromatic N) is 1. The Morgan fingerprint density at radius 1 is 1.03 bits per heavy atom. The zero-order valence-electron chi connectivity index (χ0n) is 18.3. The molecule has 0 aromatic heterocycles. The molecule has 2 aromatic rings. The molecule has 0 radical (unpaired) electrons. The first kappa shape index (κ1) is 22.8. The van der Waals surface area contributed by atoms with Crippen LogP contribution in [0.15, 0.2) is 48.5 Å². The minimum absolute atomic E-state index is 0.0679. The molecule has 0 spiro atoms. The van der Waals surface area contributed by atoms with Gasteiger partial charge in [0.15, 0.2) is 0 Å². The van der Waals surface area contributed by atoms with Crippen molar-refractivity contribution in [1.29, 1.82) is 0 Å². The number of aliphatic carboxylic acids is 1. The topological polar surface area (TPSA) is 116 Å². The van der Waals surface area contributed by atoms with E-state index in [9.17, 15) is 24.6 Å². The molecule has 3 N–H and O–H groups in total. The number of carbonyl (C=O) groups excluding carboxylic acids is 2. The summed E-state index contributed by atoms with van der Waals surface area (Å²) in [5.41, 5.74) is 4.47. The molecule has 8 heteroatoms. The summed E-state index contributed by atoms with van der Waals surface area (Å²) in [6.45, 7) is 0.360. The number of hydrogen-bond acceptors (Lipinski definition) is 5. The predicted molar refractivity (Wildman–Crippen MR) is 121 cm³/mol. The van der Waals surface area contributed by atoms with Crippen LogP contribution in [0.1, 0.15) is 42.7 Å². The lowest BCUT2D eigenvalue weighted by Crippen LogP contribution is -2.49. The van der Waals surface area contributed by atoms with Crippen molar-refractivity contribution in [3.63, 3.8) is 0 Å². The van der Waals surface area contributed by atoms with Crippen LogP contribution in [-0.4, -0.2) is 64.9 Å². The molecule has 4 rings (SSSR count). The van der Waals surface area contributed by atoms with Crippen LogP contribution < -0.4 is 5.32 Å². The second kappa shape index (κ2) is 10.0. The first-order chi connectivity index (χ1) is 16.0. The van der Waals surface area contributed by atoms with Crippen molar-refractivity contribution in [3.8, 4) is 11.1 Å². The Balaban J connectivity index is 1.27. The van der Waals surface area contributed by atoms with E-state index in [0.717, 1.165) is 35.1 Å². The van der Waals surface area contributed by atoms with E-state index in [1.165, 1.54) is 4.90 Å². The Hall–Kier alpha value is -3.39. The van der Waals surface area contributed by atoms with Crippen molar-refractivity contribution in [2.75, 3.05) is 19.7 Å². The number of benzene rings is 2. The Labute approximate surface area is 192 Å². The van der Waals surface area contributed by atoms with Crippen molar-refractivity contribution in [2.24, 2.45) is 0 Å². The standard InChI is InChI=1S/C25H28N2O6/c28-16(13-23(29)27-12-6-5-11-22(27)24(30)31)14-26-25(32)33-15-21-19-9-3-1-7-17(19)18-8-2-4-10-20(18)21/h1-4,7-10,16,21-22,28H,5-6,11-15H2,(H,26,32)(H,30,31)/t16?,22-/m1/s1. The molecular weight excluding hydrogens is 424 g/mol. The summed E-state index contributed by atoms with van der Waals surface area (Å²) in [4.78, 5) is 37.4. The van der Waals surface area contributed by atoms with Crippen molar-refractivity contribution in [2.45, 2.75) is 43.7 Å². The molecule has 2 aromatic carbocycles. The lowest BCUT2D eigenvalue weighted by Gasteiger charge is -2.33. The third-order valence-corrected chi connectivity index (χ3v) is 6.34. The number of carboxylic acid groups (broad SMARTS) is 1. The number of amides is 2. The fourth-order valence-electron chi connectivity index (χ4n) is 4.73. The molecule has 2 atom stereocenters. The number of carbonyl (C=O) groups is 3. The smallest absolute Gasteiger partial charge is 0.407 e. The molecule has 1 aliphatic heterocycles. The van der Waals surface area contributed by atoms with Crippen LogP contribution in [-0.2, 0) is 14.3 Å². The number of carboxylic acids is 1. The van der Waals surface area contributed by atoms with E-state index < -0.39 is 30.1 Å². The van der Waals surface area contributed by atoms with Crippen LogP contribution in [0.4, 0.5) is 4.79 Å². The average molecular weight is 453 g/mol. The van der Waals surface area contributed by atoms with Gasteiger partial charge < -0.3 is 25.2 Å². The molecule has 2 amide bonds. The zero-order valence-corrected chi connectivity index (χ0v) is 18.3. The van der Waals surface area contributed by atoms with Crippen molar-refractivity contribution < 1.29 is 29.3 Å². The number of hydrogen-bond donors (Lipinski definition) is 3. The van der Waals surface area contributed by atoms with Crippen molar-refractivity contribution in [3.05, 3.63) is 59.7 Å². The van der Waals surface area contributed by atoms with Gasteiger partial charge >= 0.3 is 12.1 Å². The van der Waals surface area contributed by atoms with Crippen molar-refractivity contribution in [1.82, 2.24) is 10.2 Å². The average Bonchev–Trinajstić information content (AvgIpc) is 3.15. The molecule has 0 bridgehead atoms. The zero-order chi connectivity index (χ0) is 23.4. The van der Waals surface area contributed by atoms with Crippen LogP contribution in [0.5, 0.6) is 0 Å². The summed E-state index contributed by atoms with van der Waals surface area (Å²) < 4.78 is 5.43. The number of alkyl carbamates (subject to hydrolysis) is 1. The Bertz CT molecular complexity index is 994. The molecule has 1 unspecified atom stereocenters. The number of ether oxygens (including phenoxy) is 1. The maximum atomic E-state index is 12.5. The Kier molecular flexibility index (Phi) is 6.93. The van der Waals surface area contributed by atoms with Crippen LogP contribution in [0.2, 0.25) is 0 Å². The number of aliphatic hydroxyl groups is 1. The number of likely N-dealkylation sites (tertiary alicyclic amines) is 1. The van der Waals surface area contributed by atoms with Gasteiger partial charge in [0.2, 0.25) is 5.91 Å². The molecule has 1 saturated heterocycles. The maximum Gasteiger partial charge on any atom is 0.407 e. The highest BCUT2D eigenvalue weighted by atomic mass is 16.5. The second-order valence-electron chi connectivity index (χ2n) is 8.50. The quantitative estimate of drug-likeness (QED) is 0.595. The van der Waals surface area contributed by atoms with Gasteiger partial charge in [-0.1, -0.05) is 48.5 Å². The summed E-state index contributed by atoms with van der Waals surface area (Å²) >= 11 is 0. The molecule has 8 nitrogen and oxygen atoms in total. The maximum absolute atomic E-state index is 12.5. The number of piperidine rings is 1. The second-order valence-corrected chi connectivity index (χ2v) is 8.50. The van der Waals surface area contributed by atoms with E-state index in [4.69, 9.17) is 4.74 Å². The van der Waals surface area contributed by atoms with Crippen LogP contribution >= 0.6 is 0 Å². The Morgan fingerprint density at radius 2 is 1.67 bits per heavy atom. The summed E-state index contributed by atoms with van der Waals surface area (Å²) in [5.74, 6) is -1.53. The molecule has 33 heavy (non-hydrogen) atoms. The van der Waals surface area contributed by atoms with Gasteiger partial charge in [0, 0.05) is 19.0 Å². The van der Waals surface area contributed by atoms with E-state index in [0.29, 0.717) is 13.0 Å². The SMILES string of the molecule is O=C(NCC(O)CC(=O)N1CCCC[C@@H]1C(=O)O)OCC1c2ccccc2-c2ccccc21. The van der Waals surface area contributed by atoms with Gasteiger partial charge in [-0.2, -0.15) is 0 Å². The summed E-state index contributed by atoms with van der Waals surface area (Å²) in [6, 6.07) is 15.2. The van der Waals surface area contributed by atoms with E-state index in [1.54, 1.807) is 0 Å². The molecule has 1 heterocycles. The molecular formula is C25H28N2O6. The van der Waals surface area contributed by atoms with Gasteiger partial charge in [-0.05, 0) is 41.5 Å². The lowest BCUT2D eigenvalue weighted by atomic mass is 9.98. The van der Waals surface area contributed by atoms with Crippen LogP contribution in [0, 0.1) is 0 Å². The number of rotatable bonds is 7. The van der Waals surface area contributed by atoms with Crippen LogP contribution in [0.3, 0.4) is 0 Å². The van der Waals surface area contributed by atoms with Gasteiger partial charge in [0.05, 0.1) is 12.5 Å². The highest BCUT2D eigenvalue weighted by Gasteiger charge is 2.33. The number of aliphatic hydroxyl groups excluding tert-OH is 1. The third kappa shape index (κ3) is 5.01. The fourth-order valence-corrected chi connectivity index (χ4v) is 4.73. The summed E-state index contributed by atoms with van der Waals surface area (Å²) in [7, 11) is 0. The normalized spacial score (nSPS) is 18.2. The van der Waals surface area contributed by atoms with E-state index >= 15 is 0 Å². The monoisotopic (exact) mass is 452 g/mol. The van der Waals surface area contributed by atoms with Gasteiger partial charge in [-0.15, -0.1) is 0 Å². The molecule has 0 saturated carbocycles. The molecule has 174 valence electrons. The molecule has 1 aliphatic carbocycles. The first-order valence-corrected chi connectivity index (χ1v) is 11.2. The van der Waals surface area contributed by atoms with Gasteiger partial charge in [0.25, 0.3) is 0 Å². The third-order valence-electron chi connectivity index (χ3n) is 6.34. The largest absolute Gasteiger partial charge is 0.480 e. The van der Waals surface area contributed by atoms with E-state index in [1.807, 2.05) is 36.4 Å². The highest BCUT2D eigenvalue weighted by Crippen LogP contribution is 2.44. The minimum Gasteiger partial charge on any atom is -0.480 e. The number of fused-ring (bicyclic) bond motifs is 3. The number of nitrogens with one attached hydrogen (secondary N) is 1. The van der Waals surface area contributed by atoms with E-state index in [-0.39, 0.29) is 25.5 Å². The van der Waals surface area contributed by atoms with Gasteiger partial charge in [-0.3, -0.25) is 4.79 Å². The van der Waals surface area contributed by atoms with Gasteiger partial charge in [-0.25, -0.2) is 9.59 Å². The predicted octanol–water partition coefficient (Wildman–Crippen LogP) is 2.74. The fraction of sp³-hybridized carbons (Fsp3) is 0.400. The van der Waals surface area contributed by atoms with Gasteiger partial charge in [0.1, 0.15) is 12.6 Å². The first-order valence-electron chi connectivity index (χ1n) is 11.2.